The molecule has 0 spiro atoms. The number of aryl methyl sites for hydroxylation is 1. The van der Waals surface area contributed by atoms with Crippen LogP contribution in [0, 0.1) is 41.4 Å². The van der Waals surface area contributed by atoms with Crippen molar-refractivity contribution in [1.29, 1.82) is 0 Å². The second-order valence-corrected chi connectivity index (χ2v) is 11.1. The first-order valence-electron chi connectivity index (χ1n) is 11.8. The van der Waals surface area contributed by atoms with Crippen LogP contribution in [-0.2, 0) is 0 Å². The molecule has 0 saturated heterocycles. The first kappa shape index (κ1) is 17.5. The van der Waals surface area contributed by atoms with Crippen LogP contribution in [0.25, 0.3) is 5.57 Å². The lowest BCUT2D eigenvalue weighted by Crippen LogP contribution is -2.50. The van der Waals surface area contributed by atoms with Crippen molar-refractivity contribution in [2.45, 2.75) is 78.6 Å². The molecule has 1 heterocycles. The van der Waals surface area contributed by atoms with Crippen molar-refractivity contribution >= 4 is 5.57 Å². The summed E-state index contributed by atoms with van der Waals surface area (Å²) in [4.78, 5) is 4.68. The predicted molar refractivity (Wildman–Crippen MR) is 116 cm³/mol. The summed E-state index contributed by atoms with van der Waals surface area (Å²) in [5.41, 5.74) is 8.79. The molecule has 0 radical (unpaired) electrons. The third-order valence-corrected chi connectivity index (χ3v) is 10.3. The van der Waals surface area contributed by atoms with Crippen molar-refractivity contribution in [1.82, 2.24) is 4.98 Å². The van der Waals surface area contributed by atoms with E-state index in [-0.39, 0.29) is 0 Å². The molecule has 1 aromatic rings. The van der Waals surface area contributed by atoms with Crippen LogP contribution < -0.4 is 0 Å². The van der Waals surface area contributed by atoms with Crippen LogP contribution in [0.4, 0.5) is 0 Å². The molecule has 0 bridgehead atoms. The minimum atomic E-state index is 0.361. The van der Waals surface area contributed by atoms with E-state index >= 15 is 0 Å². The molecule has 0 amide bonds. The fraction of sp³-hybridized carbons (Fsp3) is 0.667. The van der Waals surface area contributed by atoms with E-state index in [4.69, 9.17) is 0 Å². The minimum absolute atomic E-state index is 0.361. The van der Waals surface area contributed by atoms with Crippen molar-refractivity contribution in [2.75, 3.05) is 0 Å². The highest BCUT2D eigenvalue weighted by Gasteiger charge is 2.61. The monoisotopic (exact) mass is 373 g/mol. The van der Waals surface area contributed by atoms with E-state index in [0.717, 1.165) is 23.7 Å². The Morgan fingerprint density at radius 3 is 2.75 bits per heavy atom. The van der Waals surface area contributed by atoms with Crippen molar-refractivity contribution in [3.63, 3.8) is 0 Å². The Morgan fingerprint density at radius 1 is 1.07 bits per heavy atom. The predicted octanol–water partition coefficient (Wildman–Crippen LogP) is 7.08. The van der Waals surface area contributed by atoms with Crippen molar-refractivity contribution in [3.8, 4) is 0 Å². The molecule has 7 atom stereocenters. The van der Waals surface area contributed by atoms with Gasteiger partial charge in [0.05, 0.1) is 0 Å². The normalized spacial score (nSPS) is 45.9. The molecule has 0 N–H and O–H groups in total. The molecule has 1 heteroatoms. The molecule has 5 aliphatic carbocycles. The Hall–Kier alpha value is -1.37. The van der Waals surface area contributed by atoms with Gasteiger partial charge in [-0.05, 0) is 108 Å². The highest BCUT2D eigenvalue weighted by molar-refractivity contribution is 5.78. The number of hydrogen-bond donors (Lipinski definition) is 0. The zero-order valence-electron chi connectivity index (χ0n) is 18.1. The number of pyridine rings is 1. The molecular formula is C27H35N. The van der Waals surface area contributed by atoms with Crippen LogP contribution in [0.1, 0.15) is 88.3 Å². The van der Waals surface area contributed by atoms with Gasteiger partial charge in [-0.3, -0.25) is 4.98 Å². The van der Waals surface area contributed by atoms with Gasteiger partial charge < -0.3 is 0 Å². The number of aromatic nitrogens is 1. The van der Waals surface area contributed by atoms with Crippen LogP contribution in [0.2, 0.25) is 0 Å². The van der Waals surface area contributed by atoms with Gasteiger partial charge in [0.25, 0.3) is 0 Å². The van der Waals surface area contributed by atoms with Gasteiger partial charge in [0.15, 0.2) is 0 Å². The fourth-order valence-corrected chi connectivity index (χ4v) is 8.99. The molecule has 5 aliphatic rings. The van der Waals surface area contributed by atoms with Gasteiger partial charge in [0, 0.05) is 12.4 Å². The van der Waals surface area contributed by atoms with Gasteiger partial charge in [0.2, 0.25) is 0 Å². The summed E-state index contributed by atoms with van der Waals surface area (Å²) >= 11 is 0. The van der Waals surface area contributed by atoms with Crippen LogP contribution in [0.3, 0.4) is 0 Å². The summed E-state index contributed by atoms with van der Waals surface area (Å²) in [7, 11) is 0. The molecule has 0 aliphatic heterocycles. The van der Waals surface area contributed by atoms with Crippen LogP contribution in [0.15, 0.2) is 30.1 Å². The van der Waals surface area contributed by atoms with E-state index in [2.05, 4.69) is 57.2 Å². The number of nitrogens with zero attached hydrogens (tertiary/aromatic N) is 1. The summed E-state index contributed by atoms with van der Waals surface area (Å²) in [6, 6.07) is 0. The molecule has 1 nitrogen and oxygen atoms in total. The van der Waals surface area contributed by atoms with Crippen molar-refractivity contribution in [3.05, 3.63) is 46.8 Å². The molecule has 0 aromatic carbocycles. The van der Waals surface area contributed by atoms with Gasteiger partial charge in [-0.25, -0.2) is 0 Å². The summed E-state index contributed by atoms with van der Waals surface area (Å²) < 4.78 is 0. The Labute approximate surface area is 170 Å². The van der Waals surface area contributed by atoms with Gasteiger partial charge >= 0.3 is 0 Å². The molecule has 148 valence electrons. The molecule has 2 fully saturated rings. The quantitative estimate of drug-likeness (QED) is 0.443. The summed E-state index contributed by atoms with van der Waals surface area (Å²) in [6.07, 6.45) is 19.6. The lowest BCUT2D eigenvalue weighted by Gasteiger charge is -2.58. The van der Waals surface area contributed by atoms with Gasteiger partial charge in [-0.2, -0.15) is 0 Å². The Morgan fingerprint density at radius 2 is 1.89 bits per heavy atom. The van der Waals surface area contributed by atoms with Crippen LogP contribution in [-0.4, -0.2) is 4.98 Å². The molecular weight excluding hydrogens is 338 g/mol. The largest absolute Gasteiger partial charge is 0.264 e. The molecule has 28 heavy (non-hydrogen) atoms. The maximum absolute atomic E-state index is 4.68. The first-order chi connectivity index (χ1) is 13.5. The van der Waals surface area contributed by atoms with Crippen molar-refractivity contribution in [2.24, 2.45) is 34.5 Å². The highest BCUT2D eigenvalue weighted by Crippen LogP contribution is 2.71. The number of rotatable bonds is 0. The second-order valence-electron chi connectivity index (χ2n) is 11.1. The zero-order valence-corrected chi connectivity index (χ0v) is 18.1. The highest BCUT2D eigenvalue weighted by atomic mass is 14.7. The Balaban J connectivity index is 1.60. The Bertz CT molecular complexity index is 907. The zero-order chi connectivity index (χ0) is 19.3. The Kier molecular flexibility index (Phi) is 3.51. The first-order valence-corrected chi connectivity index (χ1v) is 11.8. The van der Waals surface area contributed by atoms with Crippen LogP contribution >= 0.6 is 0 Å². The average molecular weight is 374 g/mol. The summed E-state index contributed by atoms with van der Waals surface area (Å²) in [5.74, 6) is 3.93. The lowest BCUT2D eigenvalue weighted by molar-refractivity contribution is 0.0490. The van der Waals surface area contributed by atoms with Gasteiger partial charge in [0.1, 0.15) is 0 Å². The maximum Gasteiger partial charge on any atom is 0.0346 e. The number of hydrogen-bond acceptors (Lipinski definition) is 1. The number of fused-ring (bicyclic) bond motifs is 6. The smallest absolute Gasteiger partial charge is 0.0346 e. The van der Waals surface area contributed by atoms with Gasteiger partial charge in [-0.15, -0.1) is 0 Å². The topological polar surface area (TPSA) is 12.9 Å². The number of allylic oxidation sites excluding steroid dienone is 4. The third kappa shape index (κ3) is 1.92. The second kappa shape index (κ2) is 5.61. The van der Waals surface area contributed by atoms with E-state index in [1.54, 1.807) is 16.7 Å². The summed E-state index contributed by atoms with van der Waals surface area (Å²) in [6.45, 7) is 10.0. The summed E-state index contributed by atoms with van der Waals surface area (Å²) in [5, 5.41) is 0. The van der Waals surface area contributed by atoms with E-state index in [1.165, 1.54) is 56.1 Å². The molecule has 2 saturated carbocycles. The molecule has 6 rings (SSSR count). The van der Waals surface area contributed by atoms with E-state index < -0.39 is 0 Å². The lowest BCUT2D eigenvalue weighted by atomic mass is 9.45. The average Bonchev–Trinajstić information content (AvgIpc) is 3.04. The van der Waals surface area contributed by atoms with E-state index in [0.29, 0.717) is 16.7 Å². The molecule has 7 unspecified atom stereocenters. The third-order valence-electron chi connectivity index (χ3n) is 10.3. The van der Waals surface area contributed by atoms with Crippen molar-refractivity contribution < 1.29 is 0 Å². The standard InChI is InChI=1S/C27H35N/c1-16-14-28-15-20-24-13-23-19(9-8-18-7-5-6-12-26(18,23)3)22-11-10-21(27(22,24)4)17(2)25(16)20/h8,13-15,17,19,21-23H,5-7,9-12H2,1-4H3. The van der Waals surface area contributed by atoms with E-state index in [9.17, 15) is 0 Å². The maximum atomic E-state index is 4.68. The fourth-order valence-electron chi connectivity index (χ4n) is 8.99. The van der Waals surface area contributed by atoms with E-state index in [1.807, 2.05) is 0 Å². The SMILES string of the molecule is Cc1cncc2c1C(C)C1CCC3C4CC=C5CCCCC5(C)C4C=C2C13C. The van der Waals surface area contributed by atoms with Gasteiger partial charge in [-0.1, -0.05) is 44.9 Å². The van der Waals surface area contributed by atoms with Crippen LogP contribution in [0.5, 0.6) is 0 Å². The molecule has 1 aromatic heterocycles. The minimum Gasteiger partial charge on any atom is -0.264 e.